The zero-order chi connectivity index (χ0) is 12.8. The topological polar surface area (TPSA) is 63.0 Å². The summed E-state index contributed by atoms with van der Waals surface area (Å²) in [5.41, 5.74) is 0. The van der Waals surface area contributed by atoms with Gasteiger partial charge in [0.1, 0.15) is 0 Å². The Morgan fingerprint density at radius 1 is 1.44 bits per heavy atom. The van der Waals surface area contributed by atoms with Crippen LogP contribution in [0.5, 0.6) is 0 Å². The highest BCUT2D eigenvalue weighted by atomic mass is 32.2. The summed E-state index contributed by atoms with van der Waals surface area (Å²) < 4.78 is 5.84. The Balaban J connectivity index is 1.76. The lowest BCUT2D eigenvalue weighted by molar-refractivity contribution is 0.474. The fourth-order valence-electron chi connectivity index (χ4n) is 2.01. The van der Waals surface area contributed by atoms with Gasteiger partial charge in [0.15, 0.2) is 0 Å². The molecule has 1 unspecified atom stereocenters. The summed E-state index contributed by atoms with van der Waals surface area (Å²) in [7, 11) is 0. The summed E-state index contributed by atoms with van der Waals surface area (Å²) in [5.74, 6) is 1.91. The molecule has 0 amide bonds. The molecule has 2 rings (SSSR count). The second-order valence-corrected chi connectivity index (χ2v) is 6.62. The van der Waals surface area contributed by atoms with Crippen LogP contribution in [0.1, 0.15) is 39.0 Å². The zero-order valence-corrected chi connectivity index (χ0v) is 12.0. The number of hydrogen-bond acceptors (Lipinski definition) is 6. The molecule has 0 radical (unpaired) electrons. The minimum Gasteiger partial charge on any atom is -0.407 e. The number of thioether (sulfide) groups is 1. The van der Waals surface area contributed by atoms with E-state index in [0.29, 0.717) is 23.2 Å². The first kappa shape index (κ1) is 13.7. The quantitative estimate of drug-likeness (QED) is 0.741. The van der Waals surface area contributed by atoms with Crippen molar-refractivity contribution in [2.45, 2.75) is 44.4 Å². The number of rotatable bonds is 7. The van der Waals surface area contributed by atoms with Crippen molar-refractivity contribution in [3.05, 3.63) is 5.89 Å². The summed E-state index contributed by atoms with van der Waals surface area (Å²) in [6.07, 6.45) is 3.66. The largest absolute Gasteiger partial charge is 0.407 e. The highest BCUT2D eigenvalue weighted by Gasteiger charge is 2.29. The van der Waals surface area contributed by atoms with Crippen molar-refractivity contribution >= 4 is 17.8 Å². The first-order valence-corrected chi connectivity index (χ1v) is 7.61. The Hall–Kier alpha value is -0.750. The summed E-state index contributed by atoms with van der Waals surface area (Å²) >= 11 is 2.02. The molecule has 0 spiro atoms. The smallest absolute Gasteiger partial charge is 0.315 e. The van der Waals surface area contributed by atoms with Gasteiger partial charge in [0.25, 0.3) is 0 Å². The standard InChI is InChI=1S/C12H22N4OS/c1-3-6-13-8-10-15-16-11(17-10)14-9-12(2)5-4-7-18-12/h13H,3-9H2,1-2H3,(H,14,16). The van der Waals surface area contributed by atoms with Gasteiger partial charge in [0.05, 0.1) is 6.54 Å². The highest BCUT2D eigenvalue weighted by Crippen LogP contribution is 2.37. The molecule has 0 bridgehead atoms. The van der Waals surface area contributed by atoms with Crippen molar-refractivity contribution in [3.8, 4) is 0 Å². The van der Waals surface area contributed by atoms with Gasteiger partial charge in [-0.1, -0.05) is 12.0 Å². The van der Waals surface area contributed by atoms with E-state index in [2.05, 4.69) is 34.7 Å². The van der Waals surface area contributed by atoms with Crippen molar-refractivity contribution in [3.63, 3.8) is 0 Å². The molecule has 18 heavy (non-hydrogen) atoms. The van der Waals surface area contributed by atoms with Crippen molar-refractivity contribution in [2.24, 2.45) is 0 Å². The molecule has 1 aliphatic rings. The molecule has 5 nitrogen and oxygen atoms in total. The lowest BCUT2D eigenvalue weighted by Crippen LogP contribution is -2.27. The van der Waals surface area contributed by atoms with Crippen molar-refractivity contribution in [2.75, 3.05) is 24.2 Å². The third-order valence-corrected chi connectivity index (χ3v) is 4.62. The van der Waals surface area contributed by atoms with Gasteiger partial charge in [-0.25, -0.2) is 0 Å². The zero-order valence-electron chi connectivity index (χ0n) is 11.2. The van der Waals surface area contributed by atoms with Gasteiger partial charge >= 0.3 is 6.01 Å². The fraction of sp³-hybridized carbons (Fsp3) is 0.833. The molecule has 2 N–H and O–H groups in total. The van der Waals surface area contributed by atoms with Gasteiger partial charge < -0.3 is 15.1 Å². The van der Waals surface area contributed by atoms with Gasteiger partial charge in [0, 0.05) is 11.3 Å². The summed E-state index contributed by atoms with van der Waals surface area (Å²) in [5, 5.41) is 14.5. The maximum absolute atomic E-state index is 5.53. The Kier molecular flexibility index (Phi) is 4.88. The summed E-state index contributed by atoms with van der Waals surface area (Å²) in [4.78, 5) is 0. The van der Waals surface area contributed by atoms with E-state index in [9.17, 15) is 0 Å². The van der Waals surface area contributed by atoms with Gasteiger partial charge in [-0.05, 0) is 38.5 Å². The predicted molar refractivity (Wildman–Crippen MR) is 74.9 cm³/mol. The molecule has 6 heteroatoms. The van der Waals surface area contributed by atoms with E-state index in [4.69, 9.17) is 4.42 Å². The molecule has 1 fully saturated rings. The molecule has 1 atom stereocenters. The van der Waals surface area contributed by atoms with E-state index in [0.717, 1.165) is 19.5 Å². The summed E-state index contributed by atoms with van der Waals surface area (Å²) in [6.45, 7) is 6.93. The summed E-state index contributed by atoms with van der Waals surface area (Å²) in [6, 6.07) is 0.539. The fourth-order valence-corrected chi connectivity index (χ4v) is 3.25. The Morgan fingerprint density at radius 2 is 2.33 bits per heavy atom. The molecule has 1 aromatic heterocycles. The molecule has 1 aromatic rings. The molecule has 102 valence electrons. The van der Waals surface area contributed by atoms with Crippen LogP contribution in [0.25, 0.3) is 0 Å². The normalized spacial score (nSPS) is 23.4. The van der Waals surface area contributed by atoms with E-state index in [-0.39, 0.29) is 0 Å². The predicted octanol–water partition coefficient (Wildman–Crippen LogP) is 2.27. The van der Waals surface area contributed by atoms with E-state index in [1.165, 1.54) is 18.6 Å². The number of nitrogens with zero attached hydrogens (tertiary/aromatic N) is 2. The van der Waals surface area contributed by atoms with E-state index >= 15 is 0 Å². The van der Waals surface area contributed by atoms with Crippen LogP contribution in [0.15, 0.2) is 4.42 Å². The molecule has 1 saturated heterocycles. The van der Waals surface area contributed by atoms with Crippen molar-refractivity contribution in [1.29, 1.82) is 0 Å². The second kappa shape index (κ2) is 6.43. The third-order valence-electron chi connectivity index (χ3n) is 3.08. The van der Waals surface area contributed by atoms with Crippen molar-refractivity contribution in [1.82, 2.24) is 15.5 Å². The van der Waals surface area contributed by atoms with Gasteiger partial charge in [-0.3, -0.25) is 0 Å². The van der Waals surface area contributed by atoms with Crippen LogP contribution in [0, 0.1) is 0 Å². The molecule has 0 aliphatic carbocycles. The number of anilines is 1. The number of nitrogens with one attached hydrogen (secondary N) is 2. The Bertz CT molecular complexity index is 363. The molecular formula is C12H22N4OS. The van der Waals surface area contributed by atoms with Crippen molar-refractivity contribution < 1.29 is 4.42 Å². The van der Waals surface area contributed by atoms with Crippen LogP contribution in [0.2, 0.25) is 0 Å². The third kappa shape index (κ3) is 3.88. The number of hydrogen-bond donors (Lipinski definition) is 2. The second-order valence-electron chi connectivity index (χ2n) is 4.93. The minimum atomic E-state index is 0.315. The van der Waals surface area contributed by atoms with Crippen LogP contribution in [0.4, 0.5) is 6.01 Å². The first-order chi connectivity index (χ1) is 8.72. The monoisotopic (exact) mass is 270 g/mol. The van der Waals surface area contributed by atoms with E-state index in [1.54, 1.807) is 0 Å². The SMILES string of the molecule is CCCNCc1nnc(NCC2(C)CCCS2)o1. The molecular weight excluding hydrogens is 248 g/mol. The Morgan fingerprint density at radius 3 is 3.06 bits per heavy atom. The van der Waals surface area contributed by atoms with Gasteiger partial charge in [0.2, 0.25) is 5.89 Å². The molecule has 0 saturated carbocycles. The highest BCUT2D eigenvalue weighted by molar-refractivity contribution is 8.00. The van der Waals surface area contributed by atoms with Crippen LogP contribution in [-0.2, 0) is 6.54 Å². The lowest BCUT2D eigenvalue weighted by atomic mass is 10.1. The lowest BCUT2D eigenvalue weighted by Gasteiger charge is -2.21. The first-order valence-electron chi connectivity index (χ1n) is 6.63. The van der Waals surface area contributed by atoms with E-state index < -0.39 is 0 Å². The maximum atomic E-state index is 5.53. The van der Waals surface area contributed by atoms with Crippen LogP contribution >= 0.6 is 11.8 Å². The average Bonchev–Trinajstić information content (AvgIpc) is 2.97. The average molecular weight is 270 g/mol. The van der Waals surface area contributed by atoms with E-state index in [1.807, 2.05) is 11.8 Å². The van der Waals surface area contributed by atoms with Crippen LogP contribution < -0.4 is 10.6 Å². The maximum Gasteiger partial charge on any atom is 0.315 e. The minimum absolute atomic E-state index is 0.315. The van der Waals surface area contributed by atoms with Crippen LogP contribution in [0.3, 0.4) is 0 Å². The van der Waals surface area contributed by atoms with Gasteiger partial charge in [-0.2, -0.15) is 11.8 Å². The molecule has 0 aromatic carbocycles. The Labute approximate surface area is 112 Å². The van der Waals surface area contributed by atoms with Crippen LogP contribution in [-0.4, -0.2) is 33.8 Å². The molecule has 1 aliphatic heterocycles. The number of aromatic nitrogens is 2. The van der Waals surface area contributed by atoms with Gasteiger partial charge in [-0.15, -0.1) is 5.10 Å². The molecule has 2 heterocycles.